The largest absolute Gasteiger partial charge is 0.489 e. The molecule has 0 bridgehead atoms. The first-order chi connectivity index (χ1) is 15.9. The number of hydrogen-bond donors (Lipinski definition) is 0. The van der Waals surface area contributed by atoms with Crippen molar-refractivity contribution in [3.8, 4) is 0 Å². The number of esters is 1. The maximum Gasteiger partial charge on any atom is 0.336 e. The van der Waals surface area contributed by atoms with Gasteiger partial charge in [0.25, 0.3) is 0 Å². The van der Waals surface area contributed by atoms with Crippen molar-refractivity contribution in [2.24, 2.45) is 5.41 Å². The van der Waals surface area contributed by atoms with Crippen LogP contribution in [-0.4, -0.2) is 60.2 Å². The van der Waals surface area contributed by atoms with E-state index in [1.807, 2.05) is 13.0 Å². The van der Waals surface area contributed by atoms with E-state index in [0.29, 0.717) is 43.8 Å². The number of Topliss-reactive ketones (excluding diaryl/α,β-unsaturated/α-hetero) is 1. The molecule has 0 N–H and O–H groups in total. The van der Waals surface area contributed by atoms with Gasteiger partial charge >= 0.3 is 5.97 Å². The molecular formula is C26H30N2O5. The van der Waals surface area contributed by atoms with Crippen molar-refractivity contribution in [3.05, 3.63) is 51.7 Å². The highest BCUT2D eigenvalue weighted by Gasteiger charge is 2.56. The van der Waals surface area contributed by atoms with Crippen molar-refractivity contribution in [2.45, 2.75) is 46.6 Å². The minimum absolute atomic E-state index is 0.0268. The summed E-state index contributed by atoms with van der Waals surface area (Å²) in [4.78, 5) is 41.8. The van der Waals surface area contributed by atoms with Crippen LogP contribution in [-0.2, 0) is 36.9 Å². The number of allylic oxidation sites excluding steroid dienone is 1. The smallest absolute Gasteiger partial charge is 0.336 e. The second-order valence-electron chi connectivity index (χ2n) is 9.45. The van der Waals surface area contributed by atoms with Crippen LogP contribution in [0, 0.1) is 12.3 Å². The number of piperidine rings is 1. The molecular weight excluding hydrogens is 420 g/mol. The number of amides is 1. The molecule has 4 heterocycles. The molecule has 1 aromatic rings. The van der Waals surface area contributed by atoms with Crippen molar-refractivity contribution >= 4 is 23.4 Å². The lowest BCUT2D eigenvalue weighted by Crippen LogP contribution is -2.47. The molecule has 5 rings (SSSR count). The maximum absolute atomic E-state index is 13.3. The molecule has 33 heavy (non-hydrogen) atoms. The molecule has 2 fully saturated rings. The summed E-state index contributed by atoms with van der Waals surface area (Å²) in [5.74, 6) is 0.367. The van der Waals surface area contributed by atoms with E-state index in [9.17, 15) is 14.4 Å². The van der Waals surface area contributed by atoms with Crippen LogP contribution in [0.25, 0.3) is 5.76 Å². The first kappa shape index (κ1) is 21.9. The topological polar surface area (TPSA) is 76.2 Å². The number of ether oxygens (including phenoxy) is 2. The number of nitrogens with zero attached hydrogens (tertiary/aromatic N) is 2. The van der Waals surface area contributed by atoms with Gasteiger partial charge in [0.15, 0.2) is 5.78 Å². The first-order valence-corrected chi connectivity index (χ1v) is 11.7. The van der Waals surface area contributed by atoms with Crippen LogP contribution in [0.1, 0.15) is 48.9 Å². The summed E-state index contributed by atoms with van der Waals surface area (Å²) in [5.41, 5.74) is 5.13. The fraction of sp³-hybridized carbons (Fsp3) is 0.500. The summed E-state index contributed by atoms with van der Waals surface area (Å²) in [6, 6.07) is 4.35. The molecule has 7 nitrogen and oxygen atoms in total. The van der Waals surface area contributed by atoms with E-state index in [4.69, 9.17) is 9.47 Å². The summed E-state index contributed by atoms with van der Waals surface area (Å²) in [6.07, 6.45) is 4.00. The zero-order valence-corrected chi connectivity index (χ0v) is 19.5. The molecule has 0 radical (unpaired) electrons. The Balaban J connectivity index is 1.23. The highest BCUT2D eigenvalue weighted by Crippen LogP contribution is 2.41. The third-order valence-corrected chi connectivity index (χ3v) is 7.91. The number of cyclic esters (lactones) is 1. The molecule has 1 amide bonds. The zero-order valence-electron chi connectivity index (χ0n) is 19.5. The minimum atomic E-state index is -0.945. The third-order valence-electron chi connectivity index (χ3n) is 7.91. The Bertz CT molecular complexity index is 1110. The van der Waals surface area contributed by atoms with Gasteiger partial charge in [-0.3, -0.25) is 9.59 Å². The quantitative estimate of drug-likeness (QED) is 0.519. The number of ketones is 1. The van der Waals surface area contributed by atoms with E-state index < -0.39 is 11.4 Å². The lowest BCUT2D eigenvalue weighted by molar-refractivity contribution is -0.142. The molecule has 0 unspecified atom stereocenters. The number of hydrogen-bond acceptors (Lipinski definition) is 6. The van der Waals surface area contributed by atoms with Gasteiger partial charge in [0, 0.05) is 17.7 Å². The number of carbonyl (C=O) groups is 3. The molecule has 0 aromatic heterocycles. The van der Waals surface area contributed by atoms with Crippen molar-refractivity contribution in [1.29, 1.82) is 0 Å². The standard InChI is InChI=1S/C26H30N2O5/c1-4-22-19-6-5-18(16(2)20(19)14-32-22)7-10-27-11-8-26(9-12-27)23(29)13-28(25(26)31)21-15-33-24(30)17(21)3/h4-6H,7-15H2,1-3H3/b22-4+. The van der Waals surface area contributed by atoms with Crippen LogP contribution in [0.15, 0.2) is 29.5 Å². The fourth-order valence-corrected chi connectivity index (χ4v) is 5.60. The van der Waals surface area contributed by atoms with E-state index in [1.54, 1.807) is 6.92 Å². The van der Waals surface area contributed by atoms with Gasteiger partial charge < -0.3 is 19.3 Å². The second kappa shape index (κ2) is 8.13. The Morgan fingerprint density at radius 1 is 1.06 bits per heavy atom. The number of benzene rings is 1. The second-order valence-corrected chi connectivity index (χ2v) is 9.45. The predicted octanol–water partition coefficient (Wildman–Crippen LogP) is 2.75. The maximum atomic E-state index is 13.3. The molecule has 7 heteroatoms. The Labute approximate surface area is 194 Å². The number of likely N-dealkylation sites (tertiary alicyclic amines) is 2. The molecule has 0 saturated carbocycles. The molecule has 174 valence electrons. The Hall–Kier alpha value is -2.93. The van der Waals surface area contributed by atoms with Crippen LogP contribution in [0.5, 0.6) is 0 Å². The van der Waals surface area contributed by atoms with Gasteiger partial charge in [-0.2, -0.15) is 0 Å². The monoisotopic (exact) mass is 450 g/mol. The number of carbonyl (C=O) groups excluding carboxylic acids is 3. The van der Waals surface area contributed by atoms with Gasteiger partial charge in [-0.25, -0.2) is 4.79 Å². The van der Waals surface area contributed by atoms with Crippen molar-refractivity contribution in [2.75, 3.05) is 32.8 Å². The normalized spacial score (nSPS) is 23.7. The van der Waals surface area contributed by atoms with Gasteiger partial charge in [-0.1, -0.05) is 12.1 Å². The first-order valence-electron chi connectivity index (χ1n) is 11.7. The van der Waals surface area contributed by atoms with E-state index >= 15 is 0 Å². The third kappa shape index (κ3) is 3.41. The molecule has 2 saturated heterocycles. The van der Waals surface area contributed by atoms with Crippen LogP contribution in [0.2, 0.25) is 0 Å². The molecule has 0 atom stereocenters. The summed E-state index contributed by atoms with van der Waals surface area (Å²) in [6.45, 7) is 8.90. The lowest BCUT2D eigenvalue weighted by Gasteiger charge is -2.37. The van der Waals surface area contributed by atoms with Crippen molar-refractivity contribution in [3.63, 3.8) is 0 Å². The highest BCUT2D eigenvalue weighted by molar-refractivity contribution is 6.14. The summed E-state index contributed by atoms with van der Waals surface area (Å²) in [5, 5.41) is 0. The van der Waals surface area contributed by atoms with Crippen molar-refractivity contribution in [1.82, 2.24) is 9.80 Å². The molecule has 4 aliphatic heterocycles. The van der Waals surface area contributed by atoms with E-state index in [1.165, 1.54) is 27.2 Å². The minimum Gasteiger partial charge on any atom is -0.489 e. The van der Waals surface area contributed by atoms with E-state index in [-0.39, 0.29) is 24.8 Å². The fourth-order valence-electron chi connectivity index (χ4n) is 5.60. The summed E-state index contributed by atoms with van der Waals surface area (Å²) >= 11 is 0. The zero-order chi connectivity index (χ0) is 23.3. The average Bonchev–Trinajstić information content (AvgIpc) is 3.46. The Morgan fingerprint density at radius 3 is 2.48 bits per heavy atom. The number of fused-ring (bicyclic) bond motifs is 1. The van der Waals surface area contributed by atoms with E-state index in [2.05, 4.69) is 24.0 Å². The SMILES string of the molecule is C/C=C1/OCc2c1ccc(CCN1CCC3(CC1)C(=O)CN(C1=C(C)C(=O)OC1)C3=O)c2C. The van der Waals surface area contributed by atoms with Gasteiger partial charge in [0.1, 0.15) is 24.4 Å². The van der Waals surface area contributed by atoms with Crippen LogP contribution in [0.3, 0.4) is 0 Å². The number of rotatable bonds is 4. The Kier molecular flexibility index (Phi) is 5.40. The van der Waals surface area contributed by atoms with Crippen LogP contribution < -0.4 is 0 Å². The average molecular weight is 451 g/mol. The lowest BCUT2D eigenvalue weighted by atomic mass is 9.76. The molecule has 1 spiro atoms. The van der Waals surface area contributed by atoms with Gasteiger partial charge in [-0.05, 0) is 70.3 Å². The highest BCUT2D eigenvalue weighted by atomic mass is 16.5. The van der Waals surface area contributed by atoms with Gasteiger partial charge in [-0.15, -0.1) is 0 Å². The summed E-state index contributed by atoms with van der Waals surface area (Å²) < 4.78 is 10.8. The van der Waals surface area contributed by atoms with Gasteiger partial charge in [0.2, 0.25) is 5.91 Å². The molecule has 1 aromatic carbocycles. The van der Waals surface area contributed by atoms with Crippen LogP contribution in [0.4, 0.5) is 0 Å². The predicted molar refractivity (Wildman–Crippen MR) is 122 cm³/mol. The van der Waals surface area contributed by atoms with Crippen LogP contribution >= 0.6 is 0 Å². The van der Waals surface area contributed by atoms with E-state index in [0.717, 1.165) is 18.7 Å². The van der Waals surface area contributed by atoms with Gasteiger partial charge in [0.05, 0.1) is 17.8 Å². The molecule has 4 aliphatic rings. The Morgan fingerprint density at radius 2 is 1.82 bits per heavy atom. The van der Waals surface area contributed by atoms with Crippen molar-refractivity contribution < 1.29 is 23.9 Å². The molecule has 0 aliphatic carbocycles. The summed E-state index contributed by atoms with van der Waals surface area (Å²) in [7, 11) is 0.